The van der Waals surface area contributed by atoms with Crippen LogP contribution in [0.5, 0.6) is 0 Å². The second-order valence-electron chi connectivity index (χ2n) is 5.31. The van der Waals surface area contributed by atoms with Crippen molar-refractivity contribution in [1.29, 1.82) is 5.26 Å². The molecule has 6 nitrogen and oxygen atoms in total. The molecule has 0 aromatic carbocycles. The lowest BCUT2D eigenvalue weighted by Crippen LogP contribution is -2.31. The van der Waals surface area contributed by atoms with Crippen LogP contribution >= 0.6 is 0 Å². The average Bonchev–Trinajstić information content (AvgIpc) is 2.71. The predicted octanol–water partition coefficient (Wildman–Crippen LogP) is 3.45. The molecule has 0 saturated carbocycles. The molecule has 0 atom stereocenters. The summed E-state index contributed by atoms with van der Waals surface area (Å²) in [6.45, 7) is 12.2. The second-order valence-corrected chi connectivity index (χ2v) is 5.31. The topological polar surface area (TPSA) is 69.6 Å². The molecule has 6 heteroatoms. The first-order valence-electron chi connectivity index (χ1n) is 6.56. The molecular formula is C13H22N6. The monoisotopic (exact) mass is 262 g/mol. The molecule has 0 radical (unpaired) electrons. The van der Waals surface area contributed by atoms with E-state index in [1.807, 2.05) is 18.9 Å². The molecule has 0 amide bonds. The van der Waals surface area contributed by atoms with E-state index in [1.165, 1.54) is 0 Å². The van der Waals surface area contributed by atoms with Gasteiger partial charge >= 0.3 is 0 Å². The maximum atomic E-state index is 9.08. The van der Waals surface area contributed by atoms with Gasteiger partial charge in [-0.15, -0.1) is 10.2 Å². The number of nitrogens with zero attached hydrogens (tertiary/aromatic N) is 6. The Balaban J connectivity index is 3.01. The lowest BCUT2D eigenvalue weighted by molar-refractivity contribution is 0.169. The van der Waals surface area contributed by atoms with E-state index in [-0.39, 0.29) is 18.1 Å². The fourth-order valence-corrected chi connectivity index (χ4v) is 1.70. The third-order valence-corrected chi connectivity index (χ3v) is 2.66. The molecule has 1 rings (SSSR count). The maximum absolute atomic E-state index is 9.08. The van der Waals surface area contributed by atoms with E-state index >= 15 is 0 Å². The smallest absolute Gasteiger partial charge is 0.215 e. The summed E-state index contributed by atoms with van der Waals surface area (Å²) in [5.41, 5.74) is 0.449. The highest BCUT2D eigenvalue weighted by molar-refractivity contribution is 5.45. The van der Waals surface area contributed by atoms with Crippen molar-refractivity contribution in [3.63, 3.8) is 0 Å². The van der Waals surface area contributed by atoms with Gasteiger partial charge in [-0.25, -0.2) is 0 Å². The SMILES string of the molecule is CC(C)N(N=Nc1nn(C(C)C)cc1C#N)C(C)C. The molecular weight excluding hydrogens is 240 g/mol. The Morgan fingerprint density at radius 1 is 1.21 bits per heavy atom. The van der Waals surface area contributed by atoms with Crippen LogP contribution in [0.4, 0.5) is 5.82 Å². The molecule has 0 N–H and O–H groups in total. The highest BCUT2D eigenvalue weighted by Gasteiger charge is 2.13. The van der Waals surface area contributed by atoms with Crippen LogP contribution in [0.3, 0.4) is 0 Å². The Morgan fingerprint density at radius 3 is 2.21 bits per heavy atom. The van der Waals surface area contributed by atoms with Crippen molar-refractivity contribution in [3.05, 3.63) is 11.8 Å². The van der Waals surface area contributed by atoms with Crippen LogP contribution in [0.15, 0.2) is 16.5 Å². The molecule has 0 fully saturated rings. The van der Waals surface area contributed by atoms with Crippen molar-refractivity contribution in [2.75, 3.05) is 0 Å². The first kappa shape index (κ1) is 15.2. The molecule has 0 unspecified atom stereocenters. The highest BCUT2D eigenvalue weighted by atomic mass is 15.6. The summed E-state index contributed by atoms with van der Waals surface area (Å²) in [5, 5.41) is 23.6. The molecule has 0 aliphatic heterocycles. The predicted molar refractivity (Wildman–Crippen MR) is 74.0 cm³/mol. The van der Waals surface area contributed by atoms with Gasteiger partial charge in [0.25, 0.3) is 0 Å². The Hall–Kier alpha value is -1.90. The molecule has 0 spiro atoms. The van der Waals surface area contributed by atoms with Gasteiger partial charge in [-0.1, -0.05) is 5.22 Å². The van der Waals surface area contributed by atoms with Crippen molar-refractivity contribution in [3.8, 4) is 6.07 Å². The van der Waals surface area contributed by atoms with Gasteiger partial charge < -0.3 is 0 Å². The number of aromatic nitrogens is 2. The zero-order valence-corrected chi connectivity index (χ0v) is 12.5. The van der Waals surface area contributed by atoms with E-state index in [2.05, 4.69) is 49.2 Å². The lowest BCUT2D eigenvalue weighted by atomic mass is 10.3. The van der Waals surface area contributed by atoms with Gasteiger partial charge in [0.2, 0.25) is 5.82 Å². The Labute approximate surface area is 114 Å². The minimum atomic E-state index is 0.197. The van der Waals surface area contributed by atoms with Gasteiger partial charge in [0.05, 0.1) is 0 Å². The van der Waals surface area contributed by atoms with E-state index in [9.17, 15) is 0 Å². The second kappa shape index (κ2) is 6.32. The summed E-state index contributed by atoms with van der Waals surface area (Å²) in [7, 11) is 0. The average molecular weight is 262 g/mol. The molecule has 0 saturated heterocycles. The number of hydrogen-bond acceptors (Lipinski definition) is 4. The Kier molecular flexibility index (Phi) is 5.04. The van der Waals surface area contributed by atoms with Crippen molar-refractivity contribution in [2.24, 2.45) is 10.3 Å². The van der Waals surface area contributed by atoms with E-state index < -0.39 is 0 Å². The van der Waals surface area contributed by atoms with E-state index in [0.717, 1.165) is 0 Å². The first-order chi connectivity index (χ1) is 8.86. The largest absolute Gasteiger partial charge is 0.273 e. The standard InChI is InChI=1S/C13H22N6/c1-9(2)18-8-12(7-14)13(16-18)15-17-19(10(3)4)11(5)6/h8-11H,1-6H3. The third kappa shape index (κ3) is 3.78. The van der Waals surface area contributed by atoms with Gasteiger partial charge in [0, 0.05) is 24.3 Å². The van der Waals surface area contributed by atoms with Crippen LogP contribution in [0.25, 0.3) is 0 Å². The molecule has 1 aromatic heterocycles. The Bertz CT molecular complexity index is 470. The quantitative estimate of drug-likeness (QED) is 0.602. The summed E-state index contributed by atoms with van der Waals surface area (Å²) in [6.07, 6.45) is 1.70. The number of rotatable bonds is 5. The van der Waals surface area contributed by atoms with E-state index in [1.54, 1.807) is 10.9 Å². The molecule has 104 valence electrons. The zero-order chi connectivity index (χ0) is 14.6. The molecule has 19 heavy (non-hydrogen) atoms. The van der Waals surface area contributed by atoms with Crippen molar-refractivity contribution >= 4 is 5.82 Å². The third-order valence-electron chi connectivity index (χ3n) is 2.66. The minimum absolute atomic E-state index is 0.197. The Morgan fingerprint density at radius 2 is 1.79 bits per heavy atom. The van der Waals surface area contributed by atoms with Gasteiger partial charge in [0.15, 0.2) is 0 Å². The molecule has 0 aliphatic rings. The summed E-state index contributed by atoms with van der Waals surface area (Å²) in [5.74, 6) is 0.377. The lowest BCUT2D eigenvalue weighted by Gasteiger charge is -2.25. The van der Waals surface area contributed by atoms with Crippen LogP contribution in [0.1, 0.15) is 53.1 Å². The van der Waals surface area contributed by atoms with E-state index in [0.29, 0.717) is 11.4 Å². The van der Waals surface area contributed by atoms with Crippen molar-refractivity contribution < 1.29 is 0 Å². The van der Waals surface area contributed by atoms with Gasteiger partial charge in [-0.05, 0) is 41.5 Å². The summed E-state index contributed by atoms with van der Waals surface area (Å²) < 4.78 is 1.72. The number of nitriles is 1. The van der Waals surface area contributed by atoms with Crippen LogP contribution in [0.2, 0.25) is 0 Å². The number of hydrogen-bond donors (Lipinski definition) is 0. The van der Waals surface area contributed by atoms with Crippen LogP contribution < -0.4 is 0 Å². The van der Waals surface area contributed by atoms with Crippen molar-refractivity contribution in [1.82, 2.24) is 14.8 Å². The molecule has 1 heterocycles. The fraction of sp³-hybridized carbons (Fsp3) is 0.692. The molecule has 0 aliphatic carbocycles. The minimum Gasteiger partial charge on any atom is -0.273 e. The van der Waals surface area contributed by atoms with Gasteiger partial charge in [-0.3, -0.25) is 9.69 Å². The molecule has 1 aromatic rings. The summed E-state index contributed by atoms with van der Waals surface area (Å²) in [6, 6.07) is 2.80. The normalized spacial score (nSPS) is 11.8. The van der Waals surface area contributed by atoms with Crippen molar-refractivity contribution in [2.45, 2.75) is 59.7 Å². The summed E-state index contributed by atoms with van der Waals surface area (Å²) >= 11 is 0. The van der Waals surface area contributed by atoms with Gasteiger partial charge in [0.1, 0.15) is 11.6 Å². The highest BCUT2D eigenvalue weighted by Crippen LogP contribution is 2.19. The zero-order valence-electron chi connectivity index (χ0n) is 12.5. The van der Waals surface area contributed by atoms with Crippen LogP contribution in [0, 0.1) is 11.3 Å². The van der Waals surface area contributed by atoms with E-state index in [4.69, 9.17) is 5.26 Å². The fourth-order valence-electron chi connectivity index (χ4n) is 1.70. The first-order valence-corrected chi connectivity index (χ1v) is 6.56. The maximum Gasteiger partial charge on any atom is 0.215 e. The van der Waals surface area contributed by atoms with Crippen LogP contribution in [-0.2, 0) is 0 Å². The van der Waals surface area contributed by atoms with Gasteiger partial charge in [-0.2, -0.15) is 5.26 Å². The summed E-state index contributed by atoms with van der Waals surface area (Å²) in [4.78, 5) is 0. The van der Waals surface area contributed by atoms with Crippen LogP contribution in [-0.4, -0.2) is 26.9 Å². The molecule has 0 bridgehead atoms.